The van der Waals surface area contributed by atoms with Crippen molar-refractivity contribution in [1.82, 2.24) is 40.4 Å². The molecule has 0 saturated carbocycles. The summed E-state index contributed by atoms with van der Waals surface area (Å²) < 4.78 is 0. The SMILES string of the molecule is CNc1nccc2cc([C@@H]3CCCN3)ccc12.CNc1nccc2cc([C@@H]3CCCN3C#N)ccc12.CNc1nccc2cc([C@H]3CCCN3)ccc12.CNc1nccc2cc([C@H]3CCCN3C#N)ccc12. The lowest BCUT2D eigenvalue weighted by molar-refractivity contribution is 0.374. The van der Waals surface area contributed by atoms with Gasteiger partial charge in [0.25, 0.3) is 0 Å². The topological polar surface area (TPSA) is 178 Å². The van der Waals surface area contributed by atoms with Crippen LogP contribution >= 0.6 is 0 Å². The van der Waals surface area contributed by atoms with E-state index in [2.05, 4.69) is 149 Å². The van der Waals surface area contributed by atoms with E-state index < -0.39 is 0 Å². The molecular formula is C58H66N14. The lowest BCUT2D eigenvalue weighted by atomic mass is 10.0. The minimum Gasteiger partial charge on any atom is -0.373 e. The predicted octanol–water partition coefficient (Wildman–Crippen LogP) is 11.2. The molecule has 4 aromatic carbocycles. The number of nitrogens with one attached hydrogen (secondary N) is 6. The average molecular weight is 959 g/mol. The van der Waals surface area contributed by atoms with Gasteiger partial charge in [-0.05, 0) is 157 Å². The van der Waals surface area contributed by atoms with Gasteiger partial charge in [-0.1, -0.05) is 48.5 Å². The fourth-order valence-electron chi connectivity index (χ4n) is 10.8. The maximum atomic E-state index is 9.15. The van der Waals surface area contributed by atoms with Gasteiger partial charge in [-0.2, -0.15) is 10.5 Å². The third-order valence-corrected chi connectivity index (χ3v) is 14.6. The van der Waals surface area contributed by atoms with Gasteiger partial charge < -0.3 is 41.7 Å². The van der Waals surface area contributed by atoms with Crippen LogP contribution in [-0.2, 0) is 0 Å². The van der Waals surface area contributed by atoms with Crippen molar-refractivity contribution in [2.24, 2.45) is 0 Å². The molecule has 4 atom stereocenters. The number of benzene rings is 4. The van der Waals surface area contributed by atoms with E-state index in [0.717, 1.165) is 85.9 Å². The summed E-state index contributed by atoms with van der Waals surface area (Å²) >= 11 is 0. The van der Waals surface area contributed by atoms with E-state index in [1.165, 1.54) is 80.3 Å². The van der Waals surface area contributed by atoms with E-state index in [-0.39, 0.29) is 12.1 Å². The number of nitrogens with zero attached hydrogens (tertiary/aromatic N) is 8. The number of fused-ring (bicyclic) bond motifs is 4. The molecule has 0 aliphatic carbocycles. The first kappa shape index (κ1) is 49.2. The second-order valence-electron chi connectivity index (χ2n) is 18.8. The summed E-state index contributed by atoms with van der Waals surface area (Å²) in [6, 6.07) is 35.8. The van der Waals surface area contributed by atoms with Crippen molar-refractivity contribution in [1.29, 1.82) is 10.5 Å². The van der Waals surface area contributed by atoms with Gasteiger partial charge in [-0.3, -0.25) is 0 Å². The van der Waals surface area contributed by atoms with E-state index >= 15 is 0 Å². The molecule has 4 aliphatic heterocycles. The number of aromatic nitrogens is 4. The van der Waals surface area contributed by atoms with Crippen LogP contribution in [0.25, 0.3) is 43.1 Å². The summed E-state index contributed by atoms with van der Waals surface area (Å²) in [7, 11) is 7.58. The Morgan fingerprint density at radius 1 is 0.431 bits per heavy atom. The molecule has 0 amide bonds. The van der Waals surface area contributed by atoms with Gasteiger partial charge in [0, 0.05) is 99.7 Å². The van der Waals surface area contributed by atoms with Crippen LogP contribution in [0.4, 0.5) is 23.3 Å². The molecule has 0 spiro atoms. The van der Waals surface area contributed by atoms with Crippen molar-refractivity contribution < 1.29 is 0 Å². The second-order valence-corrected chi connectivity index (χ2v) is 18.8. The van der Waals surface area contributed by atoms with Gasteiger partial charge in [0.2, 0.25) is 0 Å². The fourth-order valence-corrected chi connectivity index (χ4v) is 10.8. The summed E-state index contributed by atoms with van der Waals surface area (Å²) in [5, 5.41) is 47.3. The van der Waals surface area contributed by atoms with Crippen LogP contribution in [0.5, 0.6) is 0 Å². The van der Waals surface area contributed by atoms with Crippen LogP contribution in [0, 0.1) is 22.9 Å². The lowest BCUT2D eigenvalue weighted by Crippen LogP contribution is -2.16. The molecule has 4 fully saturated rings. The van der Waals surface area contributed by atoms with Crippen molar-refractivity contribution in [3.8, 4) is 12.4 Å². The molecular weight excluding hydrogens is 893 g/mol. The summed E-state index contributed by atoms with van der Waals surface area (Å²) in [4.78, 5) is 21.0. The quantitative estimate of drug-likeness (QED) is 0.0793. The highest BCUT2D eigenvalue weighted by molar-refractivity contribution is 5.94. The van der Waals surface area contributed by atoms with E-state index in [4.69, 9.17) is 10.5 Å². The molecule has 0 bridgehead atoms. The Labute approximate surface area is 423 Å². The Balaban J connectivity index is 0.000000119. The smallest absolute Gasteiger partial charge is 0.179 e. The fraction of sp³-hybridized carbons (Fsp3) is 0.345. The largest absolute Gasteiger partial charge is 0.373 e. The zero-order valence-corrected chi connectivity index (χ0v) is 41.9. The molecule has 12 rings (SSSR count). The van der Waals surface area contributed by atoms with Crippen molar-refractivity contribution in [3.05, 3.63) is 144 Å². The molecule has 4 aliphatic rings. The third-order valence-electron chi connectivity index (χ3n) is 14.6. The zero-order chi connectivity index (χ0) is 49.8. The summed E-state index contributed by atoms with van der Waals surface area (Å²) in [5.41, 5.74) is 5.23. The van der Waals surface area contributed by atoms with Crippen LogP contribution in [0.1, 0.15) is 97.8 Å². The van der Waals surface area contributed by atoms with Crippen LogP contribution in [0.15, 0.2) is 122 Å². The van der Waals surface area contributed by atoms with Crippen molar-refractivity contribution in [3.63, 3.8) is 0 Å². The summed E-state index contributed by atoms with van der Waals surface area (Å²) in [5.74, 6) is 3.70. The lowest BCUT2D eigenvalue weighted by Gasteiger charge is -2.19. The third kappa shape index (κ3) is 10.9. The first-order valence-corrected chi connectivity index (χ1v) is 25.5. The highest BCUT2D eigenvalue weighted by Crippen LogP contribution is 2.36. The molecule has 0 unspecified atom stereocenters. The maximum Gasteiger partial charge on any atom is 0.179 e. The Morgan fingerprint density at radius 3 is 1.04 bits per heavy atom. The number of rotatable bonds is 8. The number of hydrogen-bond acceptors (Lipinski definition) is 14. The van der Waals surface area contributed by atoms with E-state index in [9.17, 15) is 0 Å². The number of anilines is 4. The minimum absolute atomic E-state index is 0.237. The van der Waals surface area contributed by atoms with E-state index in [1.807, 2.05) is 74.9 Å². The van der Waals surface area contributed by atoms with Gasteiger partial charge in [-0.25, -0.2) is 19.9 Å². The molecule has 0 radical (unpaired) electrons. The molecule has 4 saturated heterocycles. The highest BCUT2D eigenvalue weighted by Gasteiger charge is 2.26. The first-order chi connectivity index (χ1) is 35.4. The average Bonchev–Trinajstić information content (AvgIpc) is 4.32. The molecule has 8 aromatic rings. The van der Waals surface area contributed by atoms with Gasteiger partial charge in [-0.15, -0.1) is 0 Å². The number of pyridine rings is 4. The number of hydrogen-bond donors (Lipinski definition) is 6. The molecule has 14 heteroatoms. The van der Waals surface area contributed by atoms with Gasteiger partial charge in [0.1, 0.15) is 23.3 Å². The van der Waals surface area contributed by atoms with Gasteiger partial charge >= 0.3 is 0 Å². The zero-order valence-electron chi connectivity index (χ0n) is 41.9. The highest BCUT2D eigenvalue weighted by atomic mass is 15.2. The maximum absolute atomic E-state index is 9.15. The van der Waals surface area contributed by atoms with Crippen molar-refractivity contribution >= 4 is 66.4 Å². The Kier molecular flexibility index (Phi) is 16.0. The Hall–Kier alpha value is -7.78. The monoisotopic (exact) mass is 959 g/mol. The molecule has 8 heterocycles. The number of likely N-dealkylation sites (tertiary alicyclic amines) is 2. The van der Waals surface area contributed by atoms with Crippen molar-refractivity contribution in [2.45, 2.75) is 75.5 Å². The predicted molar refractivity (Wildman–Crippen MR) is 294 cm³/mol. The molecule has 4 aromatic heterocycles. The molecule has 14 nitrogen and oxygen atoms in total. The van der Waals surface area contributed by atoms with Crippen LogP contribution < -0.4 is 31.9 Å². The second kappa shape index (κ2) is 23.4. The number of nitriles is 2. The molecule has 6 N–H and O–H groups in total. The summed E-state index contributed by atoms with van der Waals surface area (Å²) in [6.07, 6.45) is 21.3. The summed E-state index contributed by atoms with van der Waals surface area (Å²) in [6.45, 7) is 4.02. The standard InChI is InChI=1S/2C15H16N4.2C14H17N3/c2*1-17-15-13-5-4-12(9-11(13)6-7-18-15)14-3-2-8-19(14)10-16;2*1-15-14-12-5-4-11(13-3-2-7-16-13)9-10(12)6-8-17-14/h2*4-7,9,14H,2-3,8H2,1H3,(H,17,18);2*4-6,8-9,13,16H,2-3,7H2,1H3,(H,15,17)/t2*14-;2*13-/m1010/s1. The van der Waals surface area contributed by atoms with E-state index in [0.29, 0.717) is 12.1 Å². The normalized spacial score (nSPS) is 19.1. The van der Waals surface area contributed by atoms with Crippen LogP contribution in [0.2, 0.25) is 0 Å². The Morgan fingerprint density at radius 2 is 0.750 bits per heavy atom. The minimum atomic E-state index is 0.237. The van der Waals surface area contributed by atoms with Crippen LogP contribution in [-0.4, -0.2) is 84.1 Å². The molecule has 368 valence electrons. The van der Waals surface area contributed by atoms with Gasteiger partial charge in [0.05, 0.1) is 12.1 Å². The Bertz CT molecular complexity index is 2990. The van der Waals surface area contributed by atoms with E-state index in [1.54, 1.807) is 0 Å². The molecule has 72 heavy (non-hydrogen) atoms. The van der Waals surface area contributed by atoms with Crippen molar-refractivity contribution in [2.75, 3.05) is 75.6 Å². The van der Waals surface area contributed by atoms with Crippen LogP contribution in [0.3, 0.4) is 0 Å². The first-order valence-electron chi connectivity index (χ1n) is 25.5. The van der Waals surface area contributed by atoms with Gasteiger partial charge in [0.15, 0.2) is 12.4 Å².